The molecule has 27 heavy (non-hydrogen) atoms. The number of aryl methyl sites for hydroxylation is 1. The number of rotatable bonds is 8. The van der Waals surface area contributed by atoms with Crippen molar-refractivity contribution in [1.82, 2.24) is 0 Å². The van der Waals surface area contributed by atoms with Crippen LogP contribution in [0.25, 0.3) is 0 Å². The van der Waals surface area contributed by atoms with Gasteiger partial charge in [-0.3, -0.25) is 4.31 Å². The van der Waals surface area contributed by atoms with Gasteiger partial charge in [-0.2, -0.15) is 5.26 Å². The number of halogens is 1. The summed E-state index contributed by atoms with van der Waals surface area (Å²) < 4.78 is 32.3. The van der Waals surface area contributed by atoms with E-state index in [1.807, 2.05) is 13.0 Å². The fourth-order valence-electron chi connectivity index (χ4n) is 2.28. The maximum atomic E-state index is 13.1. The van der Waals surface area contributed by atoms with Gasteiger partial charge in [-0.15, -0.1) is 0 Å². The lowest BCUT2D eigenvalue weighted by atomic mass is 10.2. The second-order valence-corrected chi connectivity index (χ2v) is 7.86. The van der Waals surface area contributed by atoms with Crippen molar-refractivity contribution >= 4 is 33.3 Å². The van der Waals surface area contributed by atoms with Crippen molar-refractivity contribution in [2.75, 3.05) is 17.5 Å². The molecule has 0 unspecified atom stereocenters. The molecule has 1 N–H and O–H groups in total. The van der Waals surface area contributed by atoms with Crippen molar-refractivity contribution in [3.05, 3.63) is 53.1 Å². The number of carboxylic acid groups (broad SMARTS) is 1. The Balaban J connectivity index is 2.40. The van der Waals surface area contributed by atoms with Crippen molar-refractivity contribution in [1.29, 1.82) is 5.26 Å². The molecule has 9 heteroatoms. The van der Waals surface area contributed by atoms with E-state index >= 15 is 0 Å². The highest BCUT2D eigenvalue weighted by molar-refractivity contribution is 7.92. The molecule has 0 aromatic heterocycles. The molecule has 2 aromatic rings. The maximum absolute atomic E-state index is 13.1. The average molecular weight is 409 g/mol. The molecule has 0 atom stereocenters. The molecule has 0 saturated heterocycles. The molecule has 0 fully saturated rings. The van der Waals surface area contributed by atoms with Gasteiger partial charge in [0, 0.05) is 6.54 Å². The summed E-state index contributed by atoms with van der Waals surface area (Å²) in [5.74, 6) is -1.11. The van der Waals surface area contributed by atoms with Crippen LogP contribution in [-0.4, -0.2) is 32.6 Å². The summed E-state index contributed by atoms with van der Waals surface area (Å²) in [7, 11) is -3.98. The Morgan fingerprint density at radius 2 is 1.93 bits per heavy atom. The third-order valence-corrected chi connectivity index (χ3v) is 5.71. The van der Waals surface area contributed by atoms with Gasteiger partial charge in [-0.1, -0.05) is 29.3 Å². The van der Waals surface area contributed by atoms with Gasteiger partial charge in [-0.05, 0) is 37.3 Å². The molecule has 142 valence electrons. The van der Waals surface area contributed by atoms with E-state index in [-0.39, 0.29) is 28.6 Å². The first kappa shape index (κ1) is 20.6. The van der Waals surface area contributed by atoms with Gasteiger partial charge >= 0.3 is 5.97 Å². The topological polar surface area (TPSA) is 108 Å². The first-order valence-electron chi connectivity index (χ1n) is 7.86. The van der Waals surface area contributed by atoms with Crippen LogP contribution in [0.3, 0.4) is 0 Å². The van der Waals surface area contributed by atoms with E-state index in [0.717, 1.165) is 9.87 Å². The van der Waals surface area contributed by atoms with E-state index in [4.69, 9.17) is 26.7 Å². The molecule has 0 radical (unpaired) electrons. The Kier molecular flexibility index (Phi) is 6.66. The van der Waals surface area contributed by atoms with Gasteiger partial charge in [0.2, 0.25) is 0 Å². The SMILES string of the molecule is Cc1ccc(N(CCC#N)S(=O)(=O)c2ccc(OCC(=O)O)c(Cl)c2)cc1. The lowest BCUT2D eigenvalue weighted by Crippen LogP contribution is -2.32. The van der Waals surface area contributed by atoms with Crippen LogP contribution in [0.2, 0.25) is 5.02 Å². The Hall–Kier alpha value is -2.76. The zero-order chi connectivity index (χ0) is 20.0. The van der Waals surface area contributed by atoms with E-state index in [1.54, 1.807) is 24.3 Å². The van der Waals surface area contributed by atoms with Crippen molar-refractivity contribution in [3.8, 4) is 11.8 Å². The number of hydrogen-bond acceptors (Lipinski definition) is 5. The number of carbonyl (C=O) groups is 1. The Morgan fingerprint density at radius 1 is 1.26 bits per heavy atom. The molecule has 0 saturated carbocycles. The third-order valence-electron chi connectivity index (χ3n) is 3.59. The number of nitrogens with zero attached hydrogens (tertiary/aromatic N) is 2. The fraction of sp³-hybridized carbons (Fsp3) is 0.222. The fourth-order valence-corrected chi connectivity index (χ4v) is 4.07. The predicted octanol–water partition coefficient (Wildman–Crippen LogP) is 3.22. The van der Waals surface area contributed by atoms with Crippen LogP contribution >= 0.6 is 11.6 Å². The summed E-state index contributed by atoms with van der Waals surface area (Å²) in [4.78, 5) is 10.5. The zero-order valence-electron chi connectivity index (χ0n) is 14.4. The highest BCUT2D eigenvalue weighted by atomic mass is 35.5. The molecule has 7 nitrogen and oxygen atoms in total. The molecular formula is C18H17ClN2O5S. The van der Waals surface area contributed by atoms with Crippen LogP contribution in [0.1, 0.15) is 12.0 Å². The number of benzene rings is 2. The number of nitriles is 1. The molecule has 0 heterocycles. The van der Waals surface area contributed by atoms with Crippen LogP contribution in [-0.2, 0) is 14.8 Å². The molecule has 2 rings (SSSR count). The third kappa shape index (κ3) is 5.12. The van der Waals surface area contributed by atoms with Crippen molar-refractivity contribution < 1.29 is 23.1 Å². The molecule has 2 aromatic carbocycles. The molecule has 0 aliphatic rings. The van der Waals surface area contributed by atoms with Crippen LogP contribution in [0.15, 0.2) is 47.4 Å². The normalized spacial score (nSPS) is 10.9. The van der Waals surface area contributed by atoms with Crippen LogP contribution in [0.5, 0.6) is 5.75 Å². The monoisotopic (exact) mass is 408 g/mol. The molecule has 0 spiro atoms. The van der Waals surface area contributed by atoms with E-state index in [9.17, 15) is 13.2 Å². The lowest BCUT2D eigenvalue weighted by molar-refractivity contribution is -0.139. The highest BCUT2D eigenvalue weighted by Crippen LogP contribution is 2.30. The van der Waals surface area contributed by atoms with Crippen molar-refractivity contribution in [2.45, 2.75) is 18.2 Å². The van der Waals surface area contributed by atoms with Crippen molar-refractivity contribution in [2.24, 2.45) is 0 Å². The molecule has 0 aliphatic heterocycles. The van der Waals surface area contributed by atoms with Gasteiger partial charge in [0.15, 0.2) is 6.61 Å². The second-order valence-electron chi connectivity index (χ2n) is 5.60. The number of anilines is 1. The van der Waals surface area contributed by atoms with E-state index in [2.05, 4.69) is 0 Å². The minimum atomic E-state index is -3.98. The first-order chi connectivity index (χ1) is 12.8. The van der Waals surface area contributed by atoms with Gasteiger partial charge in [0.05, 0.1) is 28.1 Å². The number of aliphatic carboxylic acids is 1. The van der Waals surface area contributed by atoms with E-state index in [1.165, 1.54) is 18.2 Å². The quantitative estimate of drug-likeness (QED) is 0.718. The molecule has 0 bridgehead atoms. The predicted molar refractivity (Wildman–Crippen MR) is 101 cm³/mol. The Labute approximate surface area is 162 Å². The van der Waals surface area contributed by atoms with Gasteiger partial charge in [0.1, 0.15) is 5.75 Å². The lowest BCUT2D eigenvalue weighted by Gasteiger charge is -2.24. The summed E-state index contributed by atoms with van der Waals surface area (Å²) in [5.41, 5.74) is 1.40. The summed E-state index contributed by atoms with van der Waals surface area (Å²) in [6, 6.07) is 12.6. The standard InChI is InChI=1S/C18H17ClN2O5S/c1-13-3-5-14(6-4-13)21(10-2-9-20)27(24,25)15-7-8-17(16(19)11-15)26-12-18(22)23/h3-8,11H,2,10,12H2,1H3,(H,22,23). The van der Waals surface area contributed by atoms with Crippen molar-refractivity contribution in [3.63, 3.8) is 0 Å². The molecular weight excluding hydrogens is 392 g/mol. The van der Waals surface area contributed by atoms with E-state index < -0.39 is 22.6 Å². The summed E-state index contributed by atoms with van der Waals surface area (Å²) in [6.45, 7) is 1.27. The molecule has 0 amide bonds. The number of hydrogen-bond donors (Lipinski definition) is 1. The number of ether oxygens (including phenoxy) is 1. The van der Waals surface area contributed by atoms with Gasteiger partial charge < -0.3 is 9.84 Å². The Morgan fingerprint density at radius 3 is 2.48 bits per heavy atom. The van der Waals surface area contributed by atoms with Crippen LogP contribution < -0.4 is 9.04 Å². The summed E-state index contributed by atoms with van der Waals surface area (Å²) in [6.07, 6.45) is 0.0145. The average Bonchev–Trinajstić information content (AvgIpc) is 2.62. The largest absolute Gasteiger partial charge is 0.480 e. The maximum Gasteiger partial charge on any atom is 0.341 e. The smallest absolute Gasteiger partial charge is 0.341 e. The molecule has 0 aliphatic carbocycles. The second kappa shape index (κ2) is 8.75. The minimum absolute atomic E-state index is 0.0145. The van der Waals surface area contributed by atoms with Crippen LogP contribution in [0, 0.1) is 18.3 Å². The van der Waals surface area contributed by atoms with Gasteiger partial charge in [0.25, 0.3) is 10.0 Å². The highest BCUT2D eigenvalue weighted by Gasteiger charge is 2.25. The first-order valence-corrected chi connectivity index (χ1v) is 9.68. The van der Waals surface area contributed by atoms with Crippen LogP contribution in [0.4, 0.5) is 5.69 Å². The zero-order valence-corrected chi connectivity index (χ0v) is 16.0. The van der Waals surface area contributed by atoms with Gasteiger partial charge in [-0.25, -0.2) is 13.2 Å². The number of carboxylic acids is 1. The van der Waals surface area contributed by atoms with E-state index in [0.29, 0.717) is 5.69 Å². The summed E-state index contributed by atoms with van der Waals surface area (Å²) in [5, 5.41) is 17.5. The number of sulfonamides is 1. The summed E-state index contributed by atoms with van der Waals surface area (Å²) >= 11 is 6.04. The Bertz CT molecular complexity index is 968. The minimum Gasteiger partial charge on any atom is -0.480 e.